The topological polar surface area (TPSA) is 124 Å². The summed E-state index contributed by atoms with van der Waals surface area (Å²) in [6.07, 6.45) is 0.633. The molecule has 0 bridgehead atoms. The number of thiazole rings is 1. The van der Waals surface area contributed by atoms with Gasteiger partial charge in [-0.1, -0.05) is 11.3 Å². The summed E-state index contributed by atoms with van der Waals surface area (Å²) in [5, 5.41) is 11.7. The summed E-state index contributed by atoms with van der Waals surface area (Å²) >= 11 is 0.933. The molecular formula is C29H28N2O8S. The molecule has 0 spiro atoms. The van der Waals surface area contributed by atoms with Gasteiger partial charge < -0.3 is 24.1 Å². The van der Waals surface area contributed by atoms with Gasteiger partial charge in [-0.2, -0.15) is 0 Å². The van der Waals surface area contributed by atoms with Gasteiger partial charge in [-0.15, -0.1) is 0 Å². The molecular weight excluding hydrogens is 536 g/mol. The van der Waals surface area contributed by atoms with E-state index in [1.807, 2.05) is 6.92 Å². The summed E-state index contributed by atoms with van der Waals surface area (Å²) in [7, 11) is 2.96. The fourth-order valence-corrected chi connectivity index (χ4v) is 5.96. The summed E-state index contributed by atoms with van der Waals surface area (Å²) in [5.74, 6) is -1.21. The van der Waals surface area contributed by atoms with Crippen LogP contribution in [0.3, 0.4) is 0 Å². The number of Topliss-reactive ketones (excluding diaryl/α,β-unsaturated/α-hetero) is 1. The molecule has 2 atom stereocenters. The maximum atomic E-state index is 13.6. The van der Waals surface area contributed by atoms with Gasteiger partial charge in [-0.05, 0) is 62.7 Å². The lowest BCUT2D eigenvalue weighted by atomic mass is 9.93. The molecule has 0 radical (unpaired) electrons. The highest BCUT2D eigenvalue weighted by atomic mass is 32.1. The first-order valence-corrected chi connectivity index (χ1v) is 13.5. The number of esters is 1. The monoisotopic (exact) mass is 564 g/mol. The number of aliphatic hydroxyl groups excluding tert-OH is 1. The summed E-state index contributed by atoms with van der Waals surface area (Å²) in [6, 6.07) is 8.98. The van der Waals surface area contributed by atoms with Gasteiger partial charge in [-0.25, -0.2) is 9.78 Å². The number of anilines is 1. The Balaban J connectivity index is 1.73. The molecule has 3 heterocycles. The average Bonchev–Trinajstić information content (AvgIpc) is 3.59. The number of amides is 1. The number of aryl methyl sites for hydroxylation is 1. The first kappa shape index (κ1) is 27.2. The zero-order chi connectivity index (χ0) is 28.7. The number of aromatic nitrogens is 1. The molecule has 1 amide bonds. The molecule has 10 nitrogen and oxygen atoms in total. The van der Waals surface area contributed by atoms with Crippen molar-refractivity contribution >= 4 is 39.9 Å². The van der Waals surface area contributed by atoms with Gasteiger partial charge >= 0.3 is 11.9 Å². The van der Waals surface area contributed by atoms with Gasteiger partial charge in [-0.3, -0.25) is 14.5 Å². The Morgan fingerprint density at radius 1 is 1.18 bits per heavy atom. The smallest absolute Gasteiger partial charge is 0.350 e. The van der Waals surface area contributed by atoms with Gasteiger partial charge in [0.05, 0.1) is 32.1 Å². The van der Waals surface area contributed by atoms with Crippen LogP contribution in [-0.2, 0) is 20.7 Å². The number of carbonyl (C=O) groups is 3. The van der Waals surface area contributed by atoms with E-state index < -0.39 is 23.7 Å². The standard InChI is InChI=1S/C29H28N2O8S/c1-6-38-28(35)26-15(3)30-29(40-26)31-23(19-13-18(36-4)8-10-21(19)37-5)22(25(33)27(31)34)24(32)16-7-9-20-17(12-16)11-14(2)39-20/h7-10,12-14,23,32H,6,11H2,1-5H3. The van der Waals surface area contributed by atoms with Gasteiger partial charge in [0.15, 0.2) is 5.13 Å². The molecule has 40 heavy (non-hydrogen) atoms. The lowest BCUT2D eigenvalue weighted by Crippen LogP contribution is -2.29. The number of hydrogen-bond acceptors (Lipinski definition) is 10. The molecule has 1 fully saturated rings. The minimum Gasteiger partial charge on any atom is -0.507 e. The first-order chi connectivity index (χ1) is 19.2. The van der Waals surface area contributed by atoms with Crippen LogP contribution in [0.25, 0.3) is 5.76 Å². The van der Waals surface area contributed by atoms with Crippen LogP contribution in [0.4, 0.5) is 5.13 Å². The van der Waals surface area contributed by atoms with E-state index in [4.69, 9.17) is 18.9 Å². The van der Waals surface area contributed by atoms with Gasteiger partial charge in [0.1, 0.15) is 40.0 Å². The van der Waals surface area contributed by atoms with Crippen molar-refractivity contribution in [2.75, 3.05) is 25.7 Å². The minimum atomic E-state index is -1.13. The predicted molar refractivity (Wildman–Crippen MR) is 147 cm³/mol. The highest BCUT2D eigenvalue weighted by Crippen LogP contribution is 2.47. The van der Waals surface area contributed by atoms with Crippen molar-refractivity contribution in [1.29, 1.82) is 0 Å². The number of rotatable bonds is 7. The van der Waals surface area contributed by atoms with Crippen molar-refractivity contribution in [2.24, 2.45) is 0 Å². The van der Waals surface area contributed by atoms with Crippen molar-refractivity contribution in [1.82, 2.24) is 4.98 Å². The van der Waals surface area contributed by atoms with Crippen LogP contribution >= 0.6 is 11.3 Å². The van der Waals surface area contributed by atoms with E-state index in [-0.39, 0.29) is 34.1 Å². The normalized spacial score (nSPS) is 19.4. The molecule has 2 aromatic carbocycles. The molecule has 0 aliphatic carbocycles. The average molecular weight is 565 g/mol. The Bertz CT molecular complexity index is 1560. The highest BCUT2D eigenvalue weighted by Gasteiger charge is 2.49. The van der Waals surface area contributed by atoms with Crippen LogP contribution < -0.4 is 19.1 Å². The molecule has 1 saturated heterocycles. The second-order valence-corrected chi connectivity index (χ2v) is 10.3. The van der Waals surface area contributed by atoms with E-state index in [2.05, 4.69) is 4.98 Å². The molecule has 3 aromatic rings. The van der Waals surface area contributed by atoms with Crippen molar-refractivity contribution in [3.63, 3.8) is 0 Å². The Hall–Kier alpha value is -4.38. The van der Waals surface area contributed by atoms with E-state index in [1.165, 1.54) is 19.1 Å². The van der Waals surface area contributed by atoms with Crippen LogP contribution in [0, 0.1) is 6.92 Å². The van der Waals surface area contributed by atoms with Crippen LogP contribution in [0.5, 0.6) is 17.2 Å². The van der Waals surface area contributed by atoms with Crippen LogP contribution in [0.1, 0.15) is 51.9 Å². The number of ether oxygens (including phenoxy) is 4. The SMILES string of the molecule is CCOC(=O)c1sc(N2C(=O)C(=O)C(=C(O)c3ccc4c(c3)CC(C)O4)C2c2cc(OC)ccc2OC)nc1C. The number of nitrogens with zero attached hydrogens (tertiary/aromatic N) is 2. The molecule has 0 saturated carbocycles. The Morgan fingerprint density at radius 2 is 1.95 bits per heavy atom. The Morgan fingerprint density at radius 3 is 2.65 bits per heavy atom. The van der Waals surface area contributed by atoms with Gasteiger partial charge in [0.25, 0.3) is 5.78 Å². The van der Waals surface area contributed by atoms with E-state index in [0.29, 0.717) is 40.5 Å². The number of ketones is 1. The second-order valence-electron chi connectivity index (χ2n) is 9.36. The summed E-state index contributed by atoms with van der Waals surface area (Å²) in [5.41, 5.74) is 1.85. The van der Waals surface area contributed by atoms with Gasteiger partial charge in [0.2, 0.25) is 0 Å². The van der Waals surface area contributed by atoms with Crippen molar-refractivity contribution in [2.45, 2.75) is 39.3 Å². The third-order valence-electron chi connectivity index (χ3n) is 6.80. The quantitative estimate of drug-likeness (QED) is 0.190. The van der Waals surface area contributed by atoms with Crippen molar-refractivity contribution < 1.29 is 38.4 Å². The highest BCUT2D eigenvalue weighted by molar-refractivity contribution is 7.17. The summed E-state index contributed by atoms with van der Waals surface area (Å²) in [6.45, 7) is 5.43. The molecule has 2 aliphatic rings. The van der Waals surface area contributed by atoms with E-state index >= 15 is 0 Å². The lowest BCUT2D eigenvalue weighted by molar-refractivity contribution is -0.132. The predicted octanol–water partition coefficient (Wildman–Crippen LogP) is 4.60. The third-order valence-corrected chi connectivity index (χ3v) is 7.93. The number of fused-ring (bicyclic) bond motifs is 1. The van der Waals surface area contributed by atoms with E-state index in [1.54, 1.807) is 50.2 Å². The van der Waals surface area contributed by atoms with Crippen LogP contribution in [0.15, 0.2) is 42.0 Å². The molecule has 208 valence electrons. The number of methoxy groups -OCH3 is 2. The van der Waals surface area contributed by atoms with E-state index in [0.717, 1.165) is 16.9 Å². The number of carbonyl (C=O) groups excluding carboxylic acids is 3. The maximum absolute atomic E-state index is 13.6. The molecule has 2 unspecified atom stereocenters. The minimum absolute atomic E-state index is 0.0132. The Kier molecular flexibility index (Phi) is 7.24. The van der Waals surface area contributed by atoms with Crippen molar-refractivity contribution in [3.05, 3.63) is 69.2 Å². The first-order valence-electron chi connectivity index (χ1n) is 12.7. The van der Waals surface area contributed by atoms with Crippen LogP contribution in [-0.4, -0.2) is 54.7 Å². The lowest BCUT2D eigenvalue weighted by Gasteiger charge is -2.25. The van der Waals surface area contributed by atoms with E-state index in [9.17, 15) is 19.5 Å². The third kappa shape index (κ3) is 4.56. The molecule has 5 rings (SSSR count). The number of aliphatic hydroxyl groups is 1. The van der Waals surface area contributed by atoms with Gasteiger partial charge in [0, 0.05) is 17.5 Å². The van der Waals surface area contributed by atoms with Crippen molar-refractivity contribution in [3.8, 4) is 17.2 Å². The zero-order valence-corrected chi connectivity index (χ0v) is 23.5. The summed E-state index contributed by atoms with van der Waals surface area (Å²) in [4.78, 5) is 45.6. The molecule has 11 heteroatoms. The Labute approximate surface area is 234 Å². The zero-order valence-electron chi connectivity index (χ0n) is 22.6. The molecule has 1 aromatic heterocycles. The number of hydrogen-bond donors (Lipinski definition) is 1. The fourth-order valence-electron chi connectivity index (χ4n) is 4.97. The molecule has 1 N–H and O–H groups in total. The molecule has 2 aliphatic heterocycles. The second kappa shape index (κ2) is 10.6. The van der Waals surface area contributed by atoms with Crippen LogP contribution in [0.2, 0.25) is 0 Å². The summed E-state index contributed by atoms with van der Waals surface area (Å²) < 4.78 is 21.9. The largest absolute Gasteiger partial charge is 0.507 e. The fraction of sp³-hybridized carbons (Fsp3) is 0.310. The maximum Gasteiger partial charge on any atom is 0.350 e. The number of benzene rings is 2.